The lowest BCUT2D eigenvalue weighted by Crippen LogP contribution is -2.20. The van der Waals surface area contributed by atoms with Crippen molar-refractivity contribution in [2.24, 2.45) is 10.9 Å². The quantitative estimate of drug-likeness (QED) is 0.114. The van der Waals surface area contributed by atoms with E-state index in [0.717, 1.165) is 79.7 Å². The highest BCUT2D eigenvalue weighted by Gasteiger charge is 2.20. The second-order valence-electron chi connectivity index (χ2n) is 13.5. The van der Waals surface area contributed by atoms with Crippen LogP contribution < -0.4 is 0 Å². The average Bonchev–Trinajstić information content (AvgIpc) is 3.25. The highest BCUT2D eigenvalue weighted by molar-refractivity contribution is 6.12. The van der Waals surface area contributed by atoms with Gasteiger partial charge in [0.05, 0.1) is 17.1 Å². The van der Waals surface area contributed by atoms with Gasteiger partial charge in [-0.15, -0.1) is 0 Å². The van der Waals surface area contributed by atoms with Gasteiger partial charge >= 0.3 is 0 Å². The van der Waals surface area contributed by atoms with Gasteiger partial charge < -0.3 is 0 Å². The Bertz CT molecular complexity index is 2490. The largest absolute Gasteiger partial charge is 0.282 e. The lowest BCUT2D eigenvalue weighted by atomic mass is 9.87. The molecular formula is C50H40N4. The van der Waals surface area contributed by atoms with Crippen molar-refractivity contribution in [2.75, 3.05) is 0 Å². The molecule has 0 bridgehead atoms. The smallest absolute Gasteiger partial charge is 0.161 e. The zero-order valence-corrected chi connectivity index (χ0v) is 30.2. The van der Waals surface area contributed by atoms with Crippen molar-refractivity contribution in [2.45, 2.75) is 19.8 Å². The molecule has 0 aliphatic rings. The minimum atomic E-state index is 0.129. The Balaban J connectivity index is 1.19. The van der Waals surface area contributed by atoms with Crippen LogP contribution in [-0.2, 0) is 6.42 Å². The maximum Gasteiger partial charge on any atom is 0.161 e. The van der Waals surface area contributed by atoms with Gasteiger partial charge in [0.1, 0.15) is 0 Å². The summed E-state index contributed by atoms with van der Waals surface area (Å²) >= 11 is 0. The van der Waals surface area contributed by atoms with E-state index >= 15 is 0 Å². The van der Waals surface area contributed by atoms with Gasteiger partial charge in [-0.3, -0.25) is 5.41 Å². The molecule has 0 radical (unpaired) electrons. The molecule has 0 saturated carbocycles. The number of nitrogens with one attached hydrogen (secondary N) is 1. The third-order valence-electron chi connectivity index (χ3n) is 9.99. The maximum absolute atomic E-state index is 8.86. The number of rotatable bonds is 10. The molecule has 4 nitrogen and oxygen atoms in total. The molecule has 54 heavy (non-hydrogen) atoms. The molecule has 1 N–H and O–H groups in total. The zero-order chi connectivity index (χ0) is 36.7. The molecule has 8 aromatic rings. The van der Waals surface area contributed by atoms with Gasteiger partial charge in [0.25, 0.3) is 0 Å². The monoisotopic (exact) mass is 696 g/mol. The fourth-order valence-electron chi connectivity index (χ4n) is 7.15. The highest BCUT2D eigenvalue weighted by Crippen LogP contribution is 2.39. The Kier molecular flexibility index (Phi) is 10.1. The van der Waals surface area contributed by atoms with Crippen molar-refractivity contribution in [1.82, 2.24) is 9.97 Å². The summed E-state index contributed by atoms with van der Waals surface area (Å²) in [6, 6.07) is 64.6. The summed E-state index contributed by atoms with van der Waals surface area (Å²) < 4.78 is 0. The molecule has 0 saturated heterocycles. The number of hydrogen-bond acceptors (Lipinski definition) is 3. The summed E-state index contributed by atoms with van der Waals surface area (Å²) in [7, 11) is 0. The minimum Gasteiger partial charge on any atom is -0.282 e. The molecule has 0 aliphatic heterocycles. The number of benzene rings is 7. The molecule has 1 atom stereocenters. The molecule has 0 amide bonds. The summed E-state index contributed by atoms with van der Waals surface area (Å²) in [5.74, 6) is 1.10. The van der Waals surface area contributed by atoms with Gasteiger partial charge in [0.2, 0.25) is 0 Å². The lowest BCUT2D eigenvalue weighted by Gasteiger charge is -2.19. The topological polar surface area (TPSA) is 62.0 Å². The van der Waals surface area contributed by atoms with Crippen molar-refractivity contribution in [3.63, 3.8) is 0 Å². The first kappa shape index (κ1) is 34.3. The molecular weight excluding hydrogens is 657 g/mol. The fraction of sp³-hybridized carbons (Fsp3) is 0.0800. The zero-order valence-electron chi connectivity index (χ0n) is 30.2. The second-order valence-corrected chi connectivity index (χ2v) is 13.5. The molecule has 0 spiro atoms. The van der Waals surface area contributed by atoms with Gasteiger partial charge in [0, 0.05) is 28.2 Å². The van der Waals surface area contributed by atoms with Crippen molar-refractivity contribution in [3.8, 4) is 45.0 Å². The second kappa shape index (κ2) is 15.9. The van der Waals surface area contributed by atoms with Crippen LogP contribution in [0.15, 0.2) is 193 Å². The van der Waals surface area contributed by atoms with E-state index < -0.39 is 0 Å². The van der Waals surface area contributed by atoms with E-state index in [1.165, 1.54) is 5.56 Å². The average molecular weight is 697 g/mol. The van der Waals surface area contributed by atoms with E-state index in [1.807, 2.05) is 60.7 Å². The van der Waals surface area contributed by atoms with Gasteiger partial charge in [-0.2, -0.15) is 0 Å². The van der Waals surface area contributed by atoms with Crippen LogP contribution in [0.25, 0.3) is 55.8 Å². The predicted molar refractivity (Wildman–Crippen MR) is 225 cm³/mol. The number of nitrogens with zero attached hydrogens (tertiary/aromatic N) is 3. The van der Waals surface area contributed by atoms with E-state index in [-0.39, 0.29) is 11.8 Å². The Morgan fingerprint density at radius 2 is 1.09 bits per heavy atom. The third kappa shape index (κ3) is 7.41. The number of aromatic nitrogens is 2. The molecule has 0 fully saturated rings. The Hall–Kier alpha value is -6.78. The van der Waals surface area contributed by atoms with Crippen LogP contribution in [-0.4, -0.2) is 21.5 Å². The first-order chi connectivity index (χ1) is 26.6. The normalized spacial score (nSPS) is 12.1. The van der Waals surface area contributed by atoms with Crippen molar-refractivity contribution in [3.05, 3.63) is 205 Å². The Labute approximate surface area is 317 Å². The summed E-state index contributed by atoms with van der Waals surface area (Å²) in [4.78, 5) is 15.5. The molecule has 1 heterocycles. The number of amidine groups is 1. The SMILES string of the molecule is CCC(Cc1ccc(-c2ccc3ccccc3c2-c2nc(-c3ccccc3)cc(-c3ccccc3)n2)cc1)C(=NC(=N)c1ccccc1)c1ccccc1. The minimum absolute atomic E-state index is 0.129. The number of aliphatic imine (C=N–C) groups is 1. The van der Waals surface area contributed by atoms with Crippen molar-refractivity contribution >= 4 is 22.3 Å². The molecule has 7 aromatic carbocycles. The molecule has 0 aliphatic carbocycles. The number of hydrogen-bond donors (Lipinski definition) is 1. The highest BCUT2D eigenvalue weighted by atomic mass is 14.9. The summed E-state index contributed by atoms with van der Waals surface area (Å²) in [5.41, 5.74) is 11.1. The van der Waals surface area contributed by atoms with Crippen LogP contribution in [0.1, 0.15) is 30.0 Å². The van der Waals surface area contributed by atoms with Crippen LogP contribution in [0.4, 0.5) is 0 Å². The molecule has 4 heteroatoms. The number of fused-ring (bicyclic) bond motifs is 1. The Morgan fingerprint density at radius 3 is 1.69 bits per heavy atom. The standard InChI is InChI=1S/C50H40N4/c1-2-36(48(41-22-11-5-12-23-41)54-49(51)42-24-13-6-14-25-42)33-35-27-29-38(30-28-35)44-32-31-37-17-15-16-26-43(37)47(44)50-52-45(39-18-7-3-8-19-39)34-46(53-50)40-20-9-4-10-21-40/h3-32,34,36,51H,2,33H2,1H3. The summed E-state index contributed by atoms with van der Waals surface area (Å²) in [6.07, 6.45) is 1.70. The maximum atomic E-state index is 8.86. The summed E-state index contributed by atoms with van der Waals surface area (Å²) in [5, 5.41) is 11.1. The molecule has 1 unspecified atom stereocenters. The van der Waals surface area contributed by atoms with Crippen molar-refractivity contribution in [1.29, 1.82) is 5.41 Å². The van der Waals surface area contributed by atoms with Gasteiger partial charge in [-0.25, -0.2) is 15.0 Å². The van der Waals surface area contributed by atoms with E-state index in [1.54, 1.807) is 0 Å². The van der Waals surface area contributed by atoms with E-state index in [0.29, 0.717) is 5.82 Å². The molecule has 8 rings (SSSR count). The van der Waals surface area contributed by atoms with Gasteiger partial charge in [0.15, 0.2) is 11.7 Å². The fourth-order valence-corrected chi connectivity index (χ4v) is 7.15. The van der Waals surface area contributed by atoms with Crippen LogP contribution >= 0.6 is 0 Å². The van der Waals surface area contributed by atoms with Gasteiger partial charge in [-0.1, -0.05) is 189 Å². The van der Waals surface area contributed by atoms with Gasteiger partial charge in [-0.05, 0) is 51.9 Å². The first-order valence-electron chi connectivity index (χ1n) is 18.5. The van der Waals surface area contributed by atoms with E-state index in [2.05, 4.69) is 134 Å². The van der Waals surface area contributed by atoms with Crippen LogP contribution in [0.3, 0.4) is 0 Å². The molecule has 260 valence electrons. The van der Waals surface area contributed by atoms with E-state index in [4.69, 9.17) is 20.4 Å². The van der Waals surface area contributed by atoms with Crippen LogP contribution in [0.2, 0.25) is 0 Å². The third-order valence-corrected chi connectivity index (χ3v) is 9.99. The van der Waals surface area contributed by atoms with E-state index in [9.17, 15) is 0 Å². The molecule has 1 aromatic heterocycles. The summed E-state index contributed by atoms with van der Waals surface area (Å²) in [6.45, 7) is 2.21. The van der Waals surface area contributed by atoms with Crippen LogP contribution in [0.5, 0.6) is 0 Å². The predicted octanol–water partition coefficient (Wildman–Crippen LogP) is 12.4. The Morgan fingerprint density at radius 1 is 0.556 bits per heavy atom. The van der Waals surface area contributed by atoms with Crippen LogP contribution in [0, 0.1) is 11.3 Å². The lowest BCUT2D eigenvalue weighted by molar-refractivity contribution is 0.663. The first-order valence-corrected chi connectivity index (χ1v) is 18.5. The van der Waals surface area contributed by atoms with Crippen molar-refractivity contribution < 1.29 is 0 Å².